The van der Waals surface area contributed by atoms with E-state index in [-0.39, 0.29) is 5.79 Å². The summed E-state index contributed by atoms with van der Waals surface area (Å²) in [5.41, 5.74) is 0. The van der Waals surface area contributed by atoms with Crippen molar-refractivity contribution in [3.8, 4) is 0 Å². The number of fused-ring (bicyclic) bond motifs is 1. The Bertz CT molecular complexity index is 655. The number of hydrogen-bond acceptors (Lipinski definition) is 2. The zero-order chi connectivity index (χ0) is 31.2. The summed E-state index contributed by atoms with van der Waals surface area (Å²) in [7, 11) is 0. The average Bonchev–Trinajstić information content (AvgIpc) is 3.60. The van der Waals surface area contributed by atoms with Gasteiger partial charge in [-0.25, -0.2) is 0 Å². The molecule has 2 aliphatic rings. The smallest absolute Gasteiger partial charge is 0.169 e. The van der Waals surface area contributed by atoms with Gasteiger partial charge in [-0.05, 0) is 64.2 Å². The van der Waals surface area contributed by atoms with Crippen molar-refractivity contribution in [2.24, 2.45) is 0 Å². The maximum absolute atomic E-state index is 6.69. The van der Waals surface area contributed by atoms with Crippen LogP contribution in [0.3, 0.4) is 0 Å². The normalized spacial score (nSPS) is 21.8. The minimum absolute atomic E-state index is 0.249. The van der Waals surface area contributed by atoms with Crippen LogP contribution in [-0.2, 0) is 9.47 Å². The molecule has 1 aliphatic heterocycles. The van der Waals surface area contributed by atoms with Crippen LogP contribution in [0.4, 0.5) is 0 Å². The van der Waals surface area contributed by atoms with Crippen molar-refractivity contribution in [2.75, 3.05) is 0 Å². The number of rotatable bonds is 32. The predicted octanol–water partition coefficient (Wildman–Crippen LogP) is 14.5. The second-order valence-corrected chi connectivity index (χ2v) is 14.5. The number of ether oxygens (including phenoxy) is 2. The summed E-state index contributed by atoms with van der Waals surface area (Å²) in [5, 5.41) is 0. The highest BCUT2D eigenvalue weighted by Gasteiger charge is 2.48. The van der Waals surface area contributed by atoms with E-state index in [1.165, 1.54) is 193 Å². The lowest BCUT2D eigenvalue weighted by Crippen LogP contribution is -2.31. The monoisotopic (exact) mass is 615 g/mol. The Kier molecular flexibility index (Phi) is 25.7. The van der Waals surface area contributed by atoms with Crippen molar-refractivity contribution in [1.29, 1.82) is 0 Å². The van der Waals surface area contributed by atoms with E-state index in [1.54, 1.807) is 0 Å². The Morgan fingerprint density at radius 3 is 1.20 bits per heavy atom. The van der Waals surface area contributed by atoms with Crippen molar-refractivity contribution in [3.63, 3.8) is 0 Å². The van der Waals surface area contributed by atoms with Gasteiger partial charge in [-0.2, -0.15) is 0 Å². The lowest BCUT2D eigenvalue weighted by molar-refractivity contribution is -0.190. The molecule has 0 spiro atoms. The molecule has 0 bridgehead atoms. The first-order chi connectivity index (χ1) is 21.8. The molecule has 1 saturated heterocycles. The molecule has 2 nitrogen and oxygen atoms in total. The summed E-state index contributed by atoms with van der Waals surface area (Å²) in [6, 6.07) is 0. The highest BCUT2D eigenvalue weighted by molar-refractivity contribution is 4.93. The Morgan fingerprint density at radius 1 is 0.432 bits per heavy atom. The first-order valence-electron chi connectivity index (χ1n) is 20.5. The fourth-order valence-electron chi connectivity index (χ4n) is 7.43. The molecular weight excluding hydrogens is 536 g/mol. The van der Waals surface area contributed by atoms with Gasteiger partial charge in [0.05, 0.1) is 12.2 Å². The third-order valence-electron chi connectivity index (χ3n) is 10.3. The molecule has 2 heteroatoms. The molecule has 2 rings (SSSR count). The van der Waals surface area contributed by atoms with Gasteiger partial charge in [0.15, 0.2) is 5.79 Å². The lowest BCUT2D eigenvalue weighted by atomic mass is 9.98. The molecule has 1 aliphatic carbocycles. The zero-order valence-electron chi connectivity index (χ0n) is 30.1. The Morgan fingerprint density at radius 2 is 0.773 bits per heavy atom. The van der Waals surface area contributed by atoms with E-state index in [1.807, 2.05) is 0 Å². The van der Waals surface area contributed by atoms with Crippen LogP contribution in [-0.4, -0.2) is 18.0 Å². The Balaban J connectivity index is 1.43. The Hall–Kier alpha value is -0.600. The van der Waals surface area contributed by atoms with Crippen molar-refractivity contribution < 1.29 is 9.47 Å². The van der Waals surface area contributed by atoms with E-state index in [0.717, 1.165) is 19.3 Å². The zero-order valence-corrected chi connectivity index (χ0v) is 30.1. The van der Waals surface area contributed by atoms with Crippen LogP contribution in [0.1, 0.15) is 226 Å². The maximum atomic E-state index is 6.69. The molecule has 44 heavy (non-hydrogen) atoms. The highest BCUT2D eigenvalue weighted by Crippen LogP contribution is 2.43. The summed E-state index contributed by atoms with van der Waals surface area (Å²) < 4.78 is 13.4. The van der Waals surface area contributed by atoms with E-state index in [0.29, 0.717) is 12.2 Å². The SMILES string of the molecule is CCCCC/C=C\C/C=C\CCCCCCCCC1(CCCCCCCCCCCCCCCCCC)O[C@H]2CCC[C@H]2O1. The van der Waals surface area contributed by atoms with Gasteiger partial charge < -0.3 is 9.47 Å². The average molecular weight is 615 g/mol. The molecule has 258 valence electrons. The summed E-state index contributed by atoms with van der Waals surface area (Å²) in [5.74, 6) is -0.249. The molecule has 1 saturated carbocycles. The summed E-state index contributed by atoms with van der Waals surface area (Å²) in [4.78, 5) is 0. The van der Waals surface area contributed by atoms with Gasteiger partial charge >= 0.3 is 0 Å². The fourth-order valence-corrected chi connectivity index (χ4v) is 7.43. The first kappa shape index (κ1) is 39.6. The van der Waals surface area contributed by atoms with Crippen LogP contribution >= 0.6 is 0 Å². The van der Waals surface area contributed by atoms with E-state index in [4.69, 9.17) is 9.47 Å². The van der Waals surface area contributed by atoms with E-state index in [9.17, 15) is 0 Å². The fraction of sp³-hybridized carbons (Fsp3) is 0.905. The van der Waals surface area contributed by atoms with Gasteiger partial charge in [0.2, 0.25) is 0 Å². The van der Waals surface area contributed by atoms with Gasteiger partial charge in [-0.3, -0.25) is 0 Å². The minimum atomic E-state index is -0.249. The Labute approximate surface area is 277 Å². The lowest BCUT2D eigenvalue weighted by Gasteiger charge is -2.29. The molecule has 0 radical (unpaired) electrons. The van der Waals surface area contributed by atoms with Crippen molar-refractivity contribution in [3.05, 3.63) is 24.3 Å². The number of unbranched alkanes of at least 4 members (excludes halogenated alkanes) is 24. The van der Waals surface area contributed by atoms with E-state index in [2.05, 4.69) is 38.2 Å². The van der Waals surface area contributed by atoms with Gasteiger partial charge in [-0.15, -0.1) is 0 Å². The number of allylic oxidation sites excluding steroid dienone is 4. The standard InChI is InChI=1S/C42H78O2/c1-3-5-7-9-11-13-15-17-19-21-23-25-27-29-31-33-38-42(43-40-36-35-37-41(40)44-42)39-34-32-30-28-26-24-22-20-18-16-14-12-10-8-6-4-2/h11,13,17,19,40-41H,3-10,12,14-16,18,20-39H2,1-2H3/b13-11-,19-17-/t40-,41+,42?. The molecule has 0 aromatic heterocycles. The summed E-state index contributed by atoms with van der Waals surface area (Å²) in [6.07, 6.45) is 54.7. The first-order valence-corrected chi connectivity index (χ1v) is 20.5. The predicted molar refractivity (Wildman–Crippen MR) is 194 cm³/mol. The van der Waals surface area contributed by atoms with Crippen LogP contribution in [0, 0.1) is 0 Å². The molecule has 0 N–H and O–H groups in total. The van der Waals surface area contributed by atoms with Gasteiger partial charge in [0.25, 0.3) is 0 Å². The maximum Gasteiger partial charge on any atom is 0.169 e. The van der Waals surface area contributed by atoms with E-state index >= 15 is 0 Å². The molecule has 2 fully saturated rings. The van der Waals surface area contributed by atoms with Crippen LogP contribution in [0.2, 0.25) is 0 Å². The van der Waals surface area contributed by atoms with E-state index < -0.39 is 0 Å². The second-order valence-electron chi connectivity index (χ2n) is 14.5. The largest absolute Gasteiger partial charge is 0.344 e. The summed E-state index contributed by atoms with van der Waals surface area (Å²) >= 11 is 0. The van der Waals surface area contributed by atoms with Gasteiger partial charge in [-0.1, -0.05) is 173 Å². The molecular formula is C42H78O2. The van der Waals surface area contributed by atoms with Gasteiger partial charge in [0, 0.05) is 12.8 Å². The third-order valence-corrected chi connectivity index (χ3v) is 10.3. The van der Waals surface area contributed by atoms with Crippen molar-refractivity contribution in [2.45, 2.75) is 244 Å². The molecule has 0 aromatic rings. The van der Waals surface area contributed by atoms with Gasteiger partial charge in [0.1, 0.15) is 0 Å². The van der Waals surface area contributed by atoms with Crippen molar-refractivity contribution in [1.82, 2.24) is 0 Å². The van der Waals surface area contributed by atoms with Crippen LogP contribution in [0.25, 0.3) is 0 Å². The third kappa shape index (κ3) is 20.5. The molecule has 0 aromatic carbocycles. The minimum Gasteiger partial charge on any atom is -0.344 e. The molecule has 3 atom stereocenters. The number of hydrogen-bond donors (Lipinski definition) is 0. The van der Waals surface area contributed by atoms with Crippen molar-refractivity contribution >= 4 is 0 Å². The molecule has 1 heterocycles. The van der Waals surface area contributed by atoms with Crippen LogP contribution in [0.15, 0.2) is 24.3 Å². The summed E-state index contributed by atoms with van der Waals surface area (Å²) in [6.45, 7) is 4.58. The van der Waals surface area contributed by atoms with Crippen LogP contribution < -0.4 is 0 Å². The molecule has 1 unspecified atom stereocenters. The van der Waals surface area contributed by atoms with Crippen LogP contribution in [0.5, 0.6) is 0 Å². The second kappa shape index (κ2) is 28.6. The molecule has 0 amide bonds. The quantitative estimate of drug-likeness (QED) is 0.0554. The highest BCUT2D eigenvalue weighted by atomic mass is 16.8. The topological polar surface area (TPSA) is 18.5 Å².